The molecule has 30 valence electrons. The van der Waals surface area contributed by atoms with Gasteiger partial charge in [-0.1, -0.05) is 0 Å². The normalized spacial score (nSPS) is 1.50. The predicted octanol–water partition coefficient (Wildman–Crippen LogP) is -1.07. The van der Waals surface area contributed by atoms with Gasteiger partial charge in [-0.05, 0) is 0 Å². The van der Waals surface area contributed by atoms with E-state index in [0.29, 0.717) is 0 Å². The fourth-order valence-electron chi connectivity index (χ4n) is 0. The third kappa shape index (κ3) is 103. The molecule has 5 N–H and O–H groups in total. The lowest BCUT2D eigenvalue weighted by Gasteiger charge is -1.27. The largest absolute Gasteiger partial charge is 0.412 e. The smallest absolute Gasteiger partial charge is 0.147 e. The van der Waals surface area contributed by atoms with Crippen molar-refractivity contribution in [1.29, 1.82) is 0 Å². The highest BCUT2D eigenvalue weighted by Gasteiger charge is 0.732. The second kappa shape index (κ2) is 517. The van der Waals surface area contributed by atoms with Crippen molar-refractivity contribution in [3.8, 4) is 0 Å². The fraction of sp³-hybridized carbons (Fsp3) is 0. The number of rotatable bonds is 0. The zero-order chi connectivity index (χ0) is 2.00. The maximum absolute atomic E-state index is 6.50. The van der Waals surface area contributed by atoms with E-state index in [1.165, 1.54) is 0 Å². The van der Waals surface area contributed by atoms with Crippen molar-refractivity contribution < 1.29 is 10.7 Å². The van der Waals surface area contributed by atoms with Crippen LogP contribution in [0.25, 0.3) is 0 Å². The van der Waals surface area contributed by atoms with Crippen LogP contribution in [-0.4, -0.2) is 10.7 Å². The molecule has 0 amide bonds. The molecule has 0 saturated heterocycles. The van der Waals surface area contributed by atoms with E-state index in [2.05, 4.69) is 5.90 Å². The first-order valence-electron chi connectivity index (χ1n) is 0.258. The third-order valence-electron chi connectivity index (χ3n) is 0. The minimum absolute atomic E-state index is 0. The van der Waals surface area contributed by atoms with Gasteiger partial charge in [0.15, 0.2) is 0 Å². The van der Waals surface area contributed by atoms with E-state index in [1.807, 2.05) is 0 Å². The Morgan fingerprint density at radius 2 is 1.25 bits per heavy atom. The molecule has 0 aromatic rings. The Kier molecular flexibility index (Phi) is 3950. The highest BCUT2D eigenvalue weighted by Crippen LogP contribution is 0.690. The van der Waals surface area contributed by atoms with Gasteiger partial charge in [0.05, 0.1) is 0 Å². The molecule has 0 aromatic heterocycles. The van der Waals surface area contributed by atoms with Crippen LogP contribution >= 0.6 is 12.4 Å². The molecule has 0 spiro atoms. The molecule has 0 saturated carbocycles. The van der Waals surface area contributed by atoms with E-state index in [-0.39, 0.29) is 17.9 Å². The summed E-state index contributed by atoms with van der Waals surface area (Å²) in [5, 5.41) is 6.50. The van der Waals surface area contributed by atoms with Crippen LogP contribution in [0, 0.1) is 0 Å². The second-order valence-corrected chi connectivity index (χ2v) is 0. The minimum atomic E-state index is 0. The van der Waals surface area contributed by atoms with Gasteiger partial charge in [-0.2, -0.15) is 0 Å². The average Bonchev–Trinajstić information content (AvgIpc) is 1.00. The molecule has 0 unspecified atom stereocenters. The highest BCUT2D eigenvalue weighted by molar-refractivity contribution is 5.85. The zero-order valence-electron chi connectivity index (χ0n) is 1.93. The SMILES string of the molecule is Cl.NO.O. The molecule has 0 radical (unpaired) electrons. The predicted molar refractivity (Wildman–Crippen MR) is 16.8 cm³/mol. The van der Waals surface area contributed by atoms with Crippen LogP contribution in [0.5, 0.6) is 0 Å². The molecular weight excluding hydrogens is 81.5 g/mol. The van der Waals surface area contributed by atoms with Gasteiger partial charge in [-0.25, -0.2) is 5.90 Å². The molecule has 0 bridgehead atoms. The van der Waals surface area contributed by atoms with Crippen LogP contribution in [0.2, 0.25) is 0 Å². The zero-order valence-corrected chi connectivity index (χ0v) is 2.75. The number of hydrogen-bond donors (Lipinski definition) is 2. The Hall–Kier alpha value is 0.170. The summed E-state index contributed by atoms with van der Waals surface area (Å²) in [6.07, 6.45) is 0. The van der Waals surface area contributed by atoms with Crippen LogP contribution < -0.4 is 5.90 Å². The molecule has 0 aliphatic carbocycles. The van der Waals surface area contributed by atoms with Gasteiger partial charge >= 0.3 is 0 Å². The lowest BCUT2D eigenvalue weighted by atomic mass is 13.6. The van der Waals surface area contributed by atoms with Crippen molar-refractivity contribution in [3.63, 3.8) is 0 Å². The Balaban J connectivity index is -0.00000000500. The molecule has 4 heavy (non-hydrogen) atoms. The summed E-state index contributed by atoms with van der Waals surface area (Å²) < 4.78 is 0. The molecule has 3 nitrogen and oxygen atoms in total. The van der Waals surface area contributed by atoms with E-state index in [1.54, 1.807) is 0 Å². The summed E-state index contributed by atoms with van der Waals surface area (Å²) in [6.45, 7) is 0. The van der Waals surface area contributed by atoms with Crippen molar-refractivity contribution in [2.24, 2.45) is 5.90 Å². The minimum Gasteiger partial charge on any atom is -0.412 e. The summed E-state index contributed by atoms with van der Waals surface area (Å²) in [4.78, 5) is 0. The lowest BCUT2D eigenvalue weighted by Crippen LogP contribution is -1.72. The molecule has 0 atom stereocenters. The number of halogens is 1. The molecule has 0 aliphatic heterocycles. The monoisotopic (exact) mass is 87.0 g/mol. The van der Waals surface area contributed by atoms with Crippen molar-refractivity contribution >= 4 is 12.4 Å². The highest BCUT2D eigenvalue weighted by atomic mass is 35.5. The van der Waals surface area contributed by atoms with Crippen LogP contribution in [-0.2, 0) is 0 Å². The summed E-state index contributed by atoms with van der Waals surface area (Å²) >= 11 is 0. The Bertz CT molecular complexity index is 6.00. The van der Waals surface area contributed by atoms with Crippen LogP contribution in [0.3, 0.4) is 0 Å². The summed E-state index contributed by atoms with van der Waals surface area (Å²) in [6, 6.07) is 0. The summed E-state index contributed by atoms with van der Waals surface area (Å²) in [5.74, 6) is 3.50. The molecule has 0 heterocycles. The van der Waals surface area contributed by atoms with E-state index in [0.717, 1.165) is 0 Å². The van der Waals surface area contributed by atoms with Gasteiger partial charge in [0.2, 0.25) is 0 Å². The van der Waals surface area contributed by atoms with Gasteiger partial charge in [0.25, 0.3) is 0 Å². The Labute approximate surface area is 30.1 Å². The van der Waals surface area contributed by atoms with Gasteiger partial charge in [0, 0.05) is 0 Å². The van der Waals surface area contributed by atoms with Crippen molar-refractivity contribution in [2.45, 2.75) is 0 Å². The van der Waals surface area contributed by atoms with Crippen LogP contribution in [0.1, 0.15) is 0 Å². The van der Waals surface area contributed by atoms with E-state index in [4.69, 9.17) is 5.21 Å². The molecule has 4 heteroatoms. The van der Waals surface area contributed by atoms with Crippen molar-refractivity contribution in [3.05, 3.63) is 0 Å². The first-order chi connectivity index (χ1) is 1.00. The van der Waals surface area contributed by atoms with Gasteiger partial charge < -0.3 is 10.7 Å². The number of hydrogen-bond acceptors (Lipinski definition) is 2. The van der Waals surface area contributed by atoms with Gasteiger partial charge in [-0.15, -0.1) is 12.4 Å². The second-order valence-electron chi connectivity index (χ2n) is 0. The van der Waals surface area contributed by atoms with Crippen molar-refractivity contribution in [2.75, 3.05) is 0 Å². The molecular formula is H6ClNO2. The van der Waals surface area contributed by atoms with Gasteiger partial charge in [-0.3, -0.25) is 0 Å². The lowest BCUT2D eigenvalue weighted by molar-refractivity contribution is 0.311. The topological polar surface area (TPSA) is 77.8 Å². The number of nitrogens with two attached hydrogens (primary N) is 1. The molecule has 0 aliphatic rings. The molecule has 0 rings (SSSR count). The first-order valence-corrected chi connectivity index (χ1v) is 0.258. The maximum atomic E-state index is 6.50. The third-order valence-corrected chi connectivity index (χ3v) is 0. The van der Waals surface area contributed by atoms with Crippen LogP contribution in [0.15, 0.2) is 0 Å². The average molecular weight is 87.5 g/mol. The standard InChI is InChI=1S/ClH.H3NO.H2O/c;1-2;/h1H;2H,1H2;1H2. The fourth-order valence-corrected chi connectivity index (χ4v) is 0. The Morgan fingerprint density at radius 1 is 1.25 bits per heavy atom. The summed E-state index contributed by atoms with van der Waals surface area (Å²) in [7, 11) is 0. The van der Waals surface area contributed by atoms with Crippen LogP contribution in [0.4, 0.5) is 0 Å². The Morgan fingerprint density at radius 3 is 1.25 bits per heavy atom. The van der Waals surface area contributed by atoms with E-state index >= 15 is 0 Å². The quantitative estimate of drug-likeness (QED) is 0.369. The molecule has 0 aromatic carbocycles. The maximum Gasteiger partial charge on any atom is -0.147 e. The summed E-state index contributed by atoms with van der Waals surface area (Å²) in [5.41, 5.74) is 0. The first kappa shape index (κ1) is 30.6. The van der Waals surface area contributed by atoms with Crippen molar-refractivity contribution in [1.82, 2.24) is 0 Å². The van der Waals surface area contributed by atoms with E-state index < -0.39 is 0 Å². The van der Waals surface area contributed by atoms with Gasteiger partial charge in [0.1, 0.15) is 0 Å². The molecule has 0 fully saturated rings. The van der Waals surface area contributed by atoms with E-state index in [9.17, 15) is 0 Å².